The molecule has 0 bridgehead atoms. The van der Waals surface area contributed by atoms with E-state index in [4.69, 9.17) is 11.6 Å². The lowest BCUT2D eigenvalue weighted by Gasteiger charge is -2.03. The minimum Gasteiger partial charge on any atom is -0.260 e. The topological polar surface area (TPSA) is 30.7 Å². The summed E-state index contributed by atoms with van der Waals surface area (Å²) >= 11 is 5.76. The summed E-state index contributed by atoms with van der Waals surface area (Å²) in [6.07, 6.45) is 3.65. The van der Waals surface area contributed by atoms with Crippen LogP contribution in [0.2, 0.25) is 5.15 Å². The summed E-state index contributed by atoms with van der Waals surface area (Å²) in [5.41, 5.74) is 2.21. The van der Waals surface area contributed by atoms with E-state index in [0.717, 1.165) is 16.5 Å². The summed E-state index contributed by atoms with van der Waals surface area (Å²) in [4.78, 5) is 4.06. The molecule has 0 amide bonds. The number of pyridine rings is 1. The van der Waals surface area contributed by atoms with Crippen LogP contribution in [0.5, 0.6) is 0 Å². The van der Waals surface area contributed by atoms with Crippen LogP contribution in [0.25, 0.3) is 10.9 Å². The molecule has 3 aromatic rings. The molecule has 3 nitrogen and oxygen atoms in total. The number of fused-ring (bicyclic) bond motifs is 1. The highest BCUT2D eigenvalue weighted by molar-refractivity contribution is 6.29. The highest BCUT2D eigenvalue weighted by atomic mass is 35.5. The van der Waals surface area contributed by atoms with Crippen LogP contribution < -0.4 is 0 Å². The van der Waals surface area contributed by atoms with Crippen LogP contribution in [0.15, 0.2) is 48.8 Å². The van der Waals surface area contributed by atoms with E-state index in [9.17, 15) is 0 Å². The average molecular weight is 244 g/mol. The molecular weight excluding hydrogens is 234 g/mol. The summed E-state index contributed by atoms with van der Waals surface area (Å²) in [5.74, 6) is 0. The number of halogens is 1. The molecule has 0 aliphatic rings. The Hall–Kier alpha value is -1.87. The van der Waals surface area contributed by atoms with Gasteiger partial charge in [-0.2, -0.15) is 5.10 Å². The van der Waals surface area contributed by atoms with Crippen LogP contribution in [0.4, 0.5) is 0 Å². The standard InChI is InChI=1S/C13H10ClN3/c14-13-6-5-10(7-15-13)9-17-12-4-2-1-3-11(12)8-16-17/h1-8H,9H2. The minimum atomic E-state index is 0.513. The van der Waals surface area contributed by atoms with E-state index < -0.39 is 0 Å². The Morgan fingerprint density at radius 1 is 1.06 bits per heavy atom. The van der Waals surface area contributed by atoms with Crippen LogP contribution in [0, 0.1) is 0 Å². The first-order valence-corrected chi connectivity index (χ1v) is 5.72. The lowest BCUT2D eigenvalue weighted by Crippen LogP contribution is -2.01. The van der Waals surface area contributed by atoms with Gasteiger partial charge < -0.3 is 0 Å². The van der Waals surface area contributed by atoms with E-state index >= 15 is 0 Å². The zero-order valence-electron chi connectivity index (χ0n) is 9.05. The number of hydrogen-bond donors (Lipinski definition) is 0. The van der Waals surface area contributed by atoms with Gasteiger partial charge in [0.2, 0.25) is 0 Å². The van der Waals surface area contributed by atoms with Gasteiger partial charge in [0.15, 0.2) is 0 Å². The normalized spacial score (nSPS) is 10.9. The highest BCUT2D eigenvalue weighted by Gasteiger charge is 2.02. The largest absolute Gasteiger partial charge is 0.260 e. The molecule has 0 atom stereocenters. The summed E-state index contributed by atoms with van der Waals surface area (Å²) in [6, 6.07) is 11.9. The van der Waals surface area contributed by atoms with Gasteiger partial charge in [-0.05, 0) is 17.7 Å². The zero-order chi connectivity index (χ0) is 11.7. The van der Waals surface area contributed by atoms with Crippen molar-refractivity contribution in [1.29, 1.82) is 0 Å². The van der Waals surface area contributed by atoms with E-state index in [1.54, 1.807) is 12.3 Å². The maximum atomic E-state index is 5.76. The lowest BCUT2D eigenvalue weighted by atomic mass is 10.2. The first-order valence-electron chi connectivity index (χ1n) is 5.34. The Balaban J connectivity index is 1.97. The summed E-state index contributed by atoms with van der Waals surface area (Å²) in [7, 11) is 0. The van der Waals surface area contributed by atoms with Gasteiger partial charge in [0.25, 0.3) is 0 Å². The molecule has 2 aromatic heterocycles. The summed E-state index contributed by atoms with van der Waals surface area (Å²) in [6.45, 7) is 0.706. The Kier molecular flexibility index (Phi) is 2.53. The van der Waals surface area contributed by atoms with Crippen molar-refractivity contribution < 1.29 is 0 Å². The van der Waals surface area contributed by atoms with Gasteiger partial charge in [0.05, 0.1) is 18.3 Å². The maximum absolute atomic E-state index is 5.76. The molecular formula is C13H10ClN3. The Bertz CT molecular complexity index is 643. The van der Waals surface area contributed by atoms with Crippen molar-refractivity contribution in [2.75, 3.05) is 0 Å². The van der Waals surface area contributed by atoms with Crippen molar-refractivity contribution in [2.24, 2.45) is 0 Å². The summed E-state index contributed by atoms with van der Waals surface area (Å²) in [5, 5.41) is 6.03. The molecule has 0 aliphatic carbocycles. The smallest absolute Gasteiger partial charge is 0.129 e. The van der Waals surface area contributed by atoms with Crippen molar-refractivity contribution in [3.63, 3.8) is 0 Å². The van der Waals surface area contributed by atoms with E-state index in [0.29, 0.717) is 11.7 Å². The first-order chi connectivity index (χ1) is 8.33. The Morgan fingerprint density at radius 3 is 2.76 bits per heavy atom. The van der Waals surface area contributed by atoms with Crippen LogP contribution in [-0.2, 0) is 6.54 Å². The van der Waals surface area contributed by atoms with Gasteiger partial charge in [0.1, 0.15) is 5.15 Å². The fourth-order valence-electron chi connectivity index (χ4n) is 1.82. The third kappa shape index (κ3) is 2.01. The van der Waals surface area contributed by atoms with Gasteiger partial charge >= 0.3 is 0 Å². The molecule has 0 aliphatic heterocycles. The van der Waals surface area contributed by atoms with Crippen LogP contribution in [0.1, 0.15) is 5.56 Å². The van der Waals surface area contributed by atoms with E-state index in [1.165, 1.54) is 0 Å². The Labute approximate surface area is 104 Å². The summed E-state index contributed by atoms with van der Waals surface area (Å²) < 4.78 is 1.96. The molecule has 0 spiro atoms. The van der Waals surface area contributed by atoms with Gasteiger partial charge in [-0.3, -0.25) is 4.68 Å². The van der Waals surface area contributed by atoms with E-state index in [1.807, 2.05) is 29.1 Å². The average Bonchev–Trinajstić information content (AvgIpc) is 2.76. The van der Waals surface area contributed by atoms with Crippen molar-refractivity contribution in [3.8, 4) is 0 Å². The molecule has 0 saturated carbocycles. The molecule has 0 radical (unpaired) electrons. The second-order valence-electron chi connectivity index (χ2n) is 3.85. The zero-order valence-corrected chi connectivity index (χ0v) is 9.80. The molecule has 84 valence electrons. The maximum Gasteiger partial charge on any atom is 0.129 e. The molecule has 0 unspecified atom stereocenters. The molecule has 0 N–H and O–H groups in total. The fraction of sp³-hybridized carbons (Fsp3) is 0.0769. The SMILES string of the molecule is Clc1ccc(Cn2ncc3ccccc32)cn1. The van der Waals surface area contributed by atoms with Gasteiger partial charge in [-0.25, -0.2) is 4.98 Å². The third-order valence-electron chi connectivity index (χ3n) is 2.67. The molecule has 0 saturated heterocycles. The van der Waals surface area contributed by atoms with Crippen molar-refractivity contribution in [1.82, 2.24) is 14.8 Å². The van der Waals surface area contributed by atoms with Crippen LogP contribution >= 0.6 is 11.6 Å². The number of para-hydroxylation sites is 1. The first kappa shape index (κ1) is 10.3. The van der Waals surface area contributed by atoms with Gasteiger partial charge in [-0.15, -0.1) is 0 Å². The molecule has 2 heterocycles. The third-order valence-corrected chi connectivity index (χ3v) is 2.90. The predicted molar refractivity (Wildman–Crippen MR) is 68.1 cm³/mol. The van der Waals surface area contributed by atoms with E-state index in [2.05, 4.69) is 22.2 Å². The molecule has 17 heavy (non-hydrogen) atoms. The monoisotopic (exact) mass is 243 g/mol. The minimum absolute atomic E-state index is 0.513. The molecule has 3 rings (SSSR count). The van der Waals surface area contributed by atoms with Gasteiger partial charge in [0, 0.05) is 11.6 Å². The second kappa shape index (κ2) is 4.18. The lowest BCUT2D eigenvalue weighted by molar-refractivity contribution is 0.710. The highest BCUT2D eigenvalue weighted by Crippen LogP contribution is 2.14. The molecule has 0 fully saturated rings. The van der Waals surface area contributed by atoms with Crippen LogP contribution in [0.3, 0.4) is 0 Å². The molecule has 1 aromatic carbocycles. The number of hydrogen-bond acceptors (Lipinski definition) is 2. The molecule has 4 heteroatoms. The van der Waals surface area contributed by atoms with E-state index in [-0.39, 0.29) is 0 Å². The fourth-order valence-corrected chi connectivity index (χ4v) is 1.94. The number of aromatic nitrogens is 3. The number of nitrogens with zero attached hydrogens (tertiary/aromatic N) is 3. The van der Waals surface area contributed by atoms with Crippen molar-refractivity contribution in [3.05, 3.63) is 59.5 Å². The van der Waals surface area contributed by atoms with Gasteiger partial charge in [-0.1, -0.05) is 35.9 Å². The Morgan fingerprint density at radius 2 is 1.94 bits per heavy atom. The number of benzene rings is 1. The quantitative estimate of drug-likeness (QED) is 0.648. The van der Waals surface area contributed by atoms with Crippen molar-refractivity contribution >= 4 is 22.5 Å². The van der Waals surface area contributed by atoms with Crippen LogP contribution in [-0.4, -0.2) is 14.8 Å². The predicted octanol–water partition coefficient (Wildman–Crippen LogP) is 3.13. The second-order valence-corrected chi connectivity index (χ2v) is 4.24. The number of rotatable bonds is 2. The van der Waals surface area contributed by atoms with Crippen molar-refractivity contribution in [2.45, 2.75) is 6.54 Å².